The van der Waals surface area contributed by atoms with Crippen molar-refractivity contribution in [2.45, 2.75) is 0 Å². The van der Waals surface area contributed by atoms with Gasteiger partial charge < -0.3 is 0 Å². The third-order valence-corrected chi connectivity index (χ3v) is 5.10. The Morgan fingerprint density at radius 2 is 1.87 bits per heavy atom. The molecular formula is C21H15N5O3S. The molecule has 2 aromatic carbocycles. The van der Waals surface area contributed by atoms with Gasteiger partial charge in [0, 0.05) is 29.5 Å². The van der Waals surface area contributed by atoms with Crippen molar-refractivity contribution >= 4 is 29.1 Å². The number of rotatable bonds is 6. The van der Waals surface area contributed by atoms with Crippen molar-refractivity contribution < 1.29 is 9.72 Å². The number of para-hydroxylation sites is 1. The van der Waals surface area contributed by atoms with Crippen LogP contribution in [0.25, 0.3) is 16.9 Å². The van der Waals surface area contributed by atoms with Gasteiger partial charge >= 0.3 is 0 Å². The van der Waals surface area contributed by atoms with Gasteiger partial charge in [-0.25, -0.2) is 10.1 Å². The van der Waals surface area contributed by atoms with E-state index in [1.54, 1.807) is 35.1 Å². The lowest BCUT2D eigenvalue weighted by molar-refractivity contribution is -0.384. The van der Waals surface area contributed by atoms with Gasteiger partial charge in [-0.05, 0) is 35.7 Å². The average molecular weight is 417 g/mol. The highest BCUT2D eigenvalue weighted by Crippen LogP contribution is 2.25. The molecule has 0 bridgehead atoms. The van der Waals surface area contributed by atoms with Crippen LogP contribution in [0.1, 0.15) is 15.2 Å². The number of nitro groups is 1. The molecule has 1 amide bonds. The number of nitrogens with zero attached hydrogens (tertiary/aromatic N) is 4. The summed E-state index contributed by atoms with van der Waals surface area (Å²) >= 11 is 1.32. The largest absolute Gasteiger partial charge is 0.281 e. The molecule has 4 rings (SSSR count). The van der Waals surface area contributed by atoms with E-state index in [4.69, 9.17) is 0 Å². The van der Waals surface area contributed by atoms with Crippen molar-refractivity contribution in [3.63, 3.8) is 0 Å². The van der Waals surface area contributed by atoms with Crippen LogP contribution in [-0.4, -0.2) is 26.8 Å². The zero-order valence-electron chi connectivity index (χ0n) is 15.5. The first-order chi connectivity index (χ1) is 14.6. The smallest absolute Gasteiger partial charge is 0.266 e. The van der Waals surface area contributed by atoms with Crippen LogP contribution in [0.2, 0.25) is 0 Å². The second kappa shape index (κ2) is 8.50. The molecule has 148 valence electrons. The minimum atomic E-state index is -0.450. The highest BCUT2D eigenvalue weighted by molar-refractivity contribution is 7.12. The minimum absolute atomic E-state index is 0.000305. The summed E-state index contributed by atoms with van der Waals surface area (Å²) in [5, 5.41) is 21.4. The predicted octanol–water partition coefficient (Wildman–Crippen LogP) is 4.27. The highest BCUT2D eigenvalue weighted by Gasteiger charge is 2.13. The summed E-state index contributed by atoms with van der Waals surface area (Å²) in [6.45, 7) is 0. The number of amides is 1. The Labute approximate surface area is 175 Å². The summed E-state index contributed by atoms with van der Waals surface area (Å²) in [5.74, 6) is -0.298. The lowest BCUT2D eigenvalue weighted by Gasteiger charge is -2.00. The van der Waals surface area contributed by atoms with Crippen LogP contribution in [-0.2, 0) is 0 Å². The number of nitro benzene ring substituents is 1. The molecule has 2 aromatic heterocycles. The van der Waals surface area contributed by atoms with Gasteiger partial charge in [-0.3, -0.25) is 14.9 Å². The monoisotopic (exact) mass is 417 g/mol. The average Bonchev–Trinajstić information content (AvgIpc) is 3.45. The van der Waals surface area contributed by atoms with Crippen molar-refractivity contribution in [2.75, 3.05) is 0 Å². The molecule has 0 aliphatic rings. The molecule has 0 radical (unpaired) electrons. The maximum atomic E-state index is 12.1. The topological polar surface area (TPSA) is 102 Å². The van der Waals surface area contributed by atoms with Gasteiger partial charge in [0.15, 0.2) is 0 Å². The zero-order chi connectivity index (χ0) is 20.9. The normalized spacial score (nSPS) is 10.9. The molecule has 2 heterocycles. The molecule has 0 saturated heterocycles. The Bertz CT molecular complexity index is 1200. The third-order valence-electron chi connectivity index (χ3n) is 4.23. The van der Waals surface area contributed by atoms with E-state index in [1.807, 2.05) is 35.7 Å². The molecule has 0 fully saturated rings. The van der Waals surface area contributed by atoms with E-state index in [0.717, 1.165) is 5.69 Å². The zero-order valence-corrected chi connectivity index (χ0v) is 16.3. The number of thiophene rings is 1. The SMILES string of the molecule is O=C(N/N=C/c1cn(-c2ccccc2)nc1-c1ccc([N+](=O)[O-])cc1)c1cccs1. The van der Waals surface area contributed by atoms with Crippen molar-refractivity contribution in [3.8, 4) is 16.9 Å². The van der Waals surface area contributed by atoms with Crippen molar-refractivity contribution in [3.05, 3.63) is 98.9 Å². The minimum Gasteiger partial charge on any atom is -0.266 e. The van der Waals surface area contributed by atoms with Gasteiger partial charge in [-0.2, -0.15) is 10.2 Å². The Morgan fingerprint density at radius 1 is 1.10 bits per heavy atom. The Balaban J connectivity index is 1.66. The molecule has 0 aliphatic heterocycles. The fraction of sp³-hybridized carbons (Fsp3) is 0. The van der Waals surface area contributed by atoms with Crippen molar-refractivity contribution in [1.82, 2.24) is 15.2 Å². The maximum Gasteiger partial charge on any atom is 0.281 e. The molecule has 0 saturated carbocycles. The molecule has 1 N–H and O–H groups in total. The molecule has 0 unspecified atom stereocenters. The van der Waals surface area contributed by atoms with E-state index in [9.17, 15) is 14.9 Å². The summed E-state index contributed by atoms with van der Waals surface area (Å²) in [7, 11) is 0. The van der Waals surface area contributed by atoms with E-state index < -0.39 is 4.92 Å². The standard InChI is InChI=1S/C21H15N5O3S/c27-21(19-7-4-12-30-19)23-22-13-16-14-25(17-5-2-1-3-6-17)24-20(16)15-8-10-18(11-9-15)26(28)29/h1-14H,(H,23,27)/b22-13+. The van der Waals surface area contributed by atoms with Gasteiger partial charge in [-0.1, -0.05) is 24.3 Å². The van der Waals surface area contributed by atoms with Crippen LogP contribution in [0.15, 0.2) is 83.4 Å². The molecular weight excluding hydrogens is 402 g/mol. The molecule has 9 heteroatoms. The first-order valence-corrected chi connectivity index (χ1v) is 9.76. The number of hydrogen-bond acceptors (Lipinski definition) is 6. The van der Waals surface area contributed by atoms with E-state index in [0.29, 0.717) is 21.7 Å². The van der Waals surface area contributed by atoms with Gasteiger partial charge in [0.2, 0.25) is 0 Å². The van der Waals surface area contributed by atoms with E-state index in [2.05, 4.69) is 15.6 Å². The lowest BCUT2D eigenvalue weighted by atomic mass is 10.1. The summed E-state index contributed by atoms with van der Waals surface area (Å²) in [5.41, 5.74) is 5.28. The van der Waals surface area contributed by atoms with Crippen LogP contribution in [0, 0.1) is 10.1 Å². The molecule has 8 nitrogen and oxygen atoms in total. The highest BCUT2D eigenvalue weighted by atomic mass is 32.1. The van der Waals surface area contributed by atoms with Crippen molar-refractivity contribution in [2.24, 2.45) is 5.10 Å². The van der Waals surface area contributed by atoms with E-state index in [1.165, 1.54) is 29.7 Å². The number of hydrogen-bond donors (Lipinski definition) is 1. The number of carbonyl (C=O) groups is 1. The number of carbonyl (C=O) groups excluding carboxylic acids is 1. The van der Waals surface area contributed by atoms with Gasteiger partial charge in [0.05, 0.1) is 21.7 Å². The van der Waals surface area contributed by atoms with Crippen molar-refractivity contribution in [1.29, 1.82) is 0 Å². The third kappa shape index (κ3) is 4.15. The number of nitrogens with one attached hydrogen (secondary N) is 1. The fourth-order valence-corrected chi connectivity index (χ4v) is 3.40. The van der Waals surface area contributed by atoms with Gasteiger partial charge in [0.1, 0.15) is 5.69 Å². The summed E-state index contributed by atoms with van der Waals surface area (Å²) in [6, 6.07) is 19.2. The molecule has 0 aliphatic carbocycles. The summed E-state index contributed by atoms with van der Waals surface area (Å²) < 4.78 is 1.69. The lowest BCUT2D eigenvalue weighted by Crippen LogP contribution is -2.16. The summed E-state index contributed by atoms with van der Waals surface area (Å²) in [6.07, 6.45) is 3.29. The van der Waals surface area contributed by atoms with Crippen LogP contribution in [0.5, 0.6) is 0 Å². The number of hydrazone groups is 1. The summed E-state index contributed by atoms with van der Waals surface area (Å²) in [4.78, 5) is 23.1. The van der Waals surface area contributed by atoms with E-state index in [-0.39, 0.29) is 11.6 Å². The Hall–Kier alpha value is -4.11. The van der Waals surface area contributed by atoms with Crippen LogP contribution < -0.4 is 5.43 Å². The first kappa shape index (κ1) is 19.2. The quantitative estimate of drug-likeness (QED) is 0.287. The van der Waals surface area contributed by atoms with E-state index >= 15 is 0 Å². The first-order valence-electron chi connectivity index (χ1n) is 8.88. The second-order valence-corrected chi connectivity index (χ2v) is 7.14. The number of benzene rings is 2. The van der Waals surface area contributed by atoms with Gasteiger partial charge in [0.25, 0.3) is 11.6 Å². The molecule has 4 aromatic rings. The van der Waals surface area contributed by atoms with Crippen LogP contribution >= 0.6 is 11.3 Å². The number of non-ortho nitro benzene ring substituents is 1. The van der Waals surface area contributed by atoms with Crippen LogP contribution in [0.4, 0.5) is 5.69 Å². The molecule has 0 spiro atoms. The maximum absolute atomic E-state index is 12.1. The Kier molecular flexibility index (Phi) is 5.44. The number of aromatic nitrogens is 2. The predicted molar refractivity (Wildman–Crippen MR) is 115 cm³/mol. The van der Waals surface area contributed by atoms with Gasteiger partial charge in [-0.15, -0.1) is 11.3 Å². The molecule has 0 atom stereocenters. The fourth-order valence-electron chi connectivity index (χ4n) is 2.78. The second-order valence-electron chi connectivity index (χ2n) is 6.19. The molecule has 30 heavy (non-hydrogen) atoms. The Morgan fingerprint density at radius 3 is 2.53 bits per heavy atom. The van der Waals surface area contributed by atoms with Crippen LogP contribution in [0.3, 0.4) is 0 Å².